The zero-order valence-corrected chi connectivity index (χ0v) is 12.3. The van der Waals surface area contributed by atoms with E-state index in [1.807, 2.05) is 58.2 Å². The summed E-state index contributed by atoms with van der Waals surface area (Å²) in [6.45, 7) is 10.2. The van der Waals surface area contributed by atoms with Crippen LogP contribution >= 0.6 is 0 Å². The van der Waals surface area contributed by atoms with Crippen LogP contribution in [0.4, 0.5) is 5.69 Å². The van der Waals surface area contributed by atoms with Crippen LogP contribution < -0.4 is 4.99 Å². The third-order valence-corrected chi connectivity index (χ3v) is 3.76. The second-order valence-electron chi connectivity index (χ2n) is 5.84. The molecule has 0 spiro atoms. The molecule has 1 aliphatic heterocycles. The summed E-state index contributed by atoms with van der Waals surface area (Å²) in [5.41, 5.74) is 1.63. The summed E-state index contributed by atoms with van der Waals surface area (Å²) in [5, 5.41) is 0. The zero-order valence-electron chi connectivity index (χ0n) is 12.3. The average molecular weight is 260 g/mol. The molecule has 0 amide bonds. The Balaban J connectivity index is 2.11. The topological polar surface area (TPSA) is 32.4 Å². The maximum Gasteiger partial charge on any atom is 0.286 e. The molecule has 0 bridgehead atoms. The lowest BCUT2D eigenvalue weighted by molar-refractivity contribution is -0.347. The van der Waals surface area contributed by atoms with Gasteiger partial charge < -0.3 is 9.47 Å². The molecule has 102 valence electrons. The van der Waals surface area contributed by atoms with Crippen molar-refractivity contribution in [2.45, 2.75) is 45.8 Å². The molecule has 0 unspecified atom stereocenters. The van der Waals surface area contributed by atoms with Crippen LogP contribution in [-0.4, -0.2) is 17.4 Å². The Hall–Kier alpha value is -1.77. The van der Waals surface area contributed by atoms with E-state index in [9.17, 15) is 0 Å². The fourth-order valence-corrected chi connectivity index (χ4v) is 1.77. The van der Waals surface area contributed by atoms with Gasteiger partial charge in [-0.05, 0) is 34.6 Å². The van der Waals surface area contributed by atoms with Crippen LogP contribution in [0.1, 0.15) is 33.3 Å². The molecule has 0 aromatic heterocycles. The first-order valence-corrected chi connectivity index (χ1v) is 6.55. The molecule has 19 heavy (non-hydrogen) atoms. The lowest BCUT2D eigenvalue weighted by Crippen LogP contribution is -2.61. The normalized spacial score (nSPS) is 20.2. The number of ether oxygens (including phenoxy) is 2. The minimum absolute atomic E-state index is 0.324. The SMILES string of the molecule is Cc1ccccc1[NH+]=CC=C1OC(C)(C)C(C)(C)O1. The first-order valence-electron chi connectivity index (χ1n) is 6.55. The number of hydrogen-bond donors (Lipinski definition) is 1. The molecule has 3 nitrogen and oxygen atoms in total. The quantitative estimate of drug-likeness (QED) is 0.827. The number of aryl methyl sites for hydroxylation is 1. The summed E-state index contributed by atoms with van der Waals surface area (Å²) in [6, 6.07) is 8.13. The minimum Gasteiger partial charge on any atom is -0.455 e. The Bertz CT molecular complexity index is 509. The lowest BCUT2D eigenvalue weighted by Gasteiger charge is -2.28. The van der Waals surface area contributed by atoms with Crippen LogP contribution in [0.5, 0.6) is 0 Å². The van der Waals surface area contributed by atoms with E-state index in [1.165, 1.54) is 5.56 Å². The van der Waals surface area contributed by atoms with Crippen molar-refractivity contribution in [2.75, 3.05) is 0 Å². The molecule has 1 aromatic rings. The van der Waals surface area contributed by atoms with E-state index >= 15 is 0 Å². The van der Waals surface area contributed by atoms with Gasteiger partial charge in [-0.15, -0.1) is 0 Å². The van der Waals surface area contributed by atoms with Gasteiger partial charge in [-0.2, -0.15) is 0 Å². The molecule has 1 fully saturated rings. The minimum atomic E-state index is -0.324. The largest absolute Gasteiger partial charge is 0.455 e. The smallest absolute Gasteiger partial charge is 0.286 e. The molecule has 0 aliphatic carbocycles. The molecule has 0 saturated carbocycles. The van der Waals surface area contributed by atoms with E-state index in [0.29, 0.717) is 5.95 Å². The molecule has 1 heterocycles. The van der Waals surface area contributed by atoms with Gasteiger partial charge >= 0.3 is 0 Å². The zero-order chi connectivity index (χ0) is 14.1. The van der Waals surface area contributed by atoms with Gasteiger partial charge in [0.15, 0.2) is 6.21 Å². The summed E-state index contributed by atoms with van der Waals surface area (Å²) >= 11 is 0. The molecule has 1 N–H and O–H groups in total. The molecule has 1 aromatic carbocycles. The Labute approximate surface area is 115 Å². The van der Waals surface area contributed by atoms with Crippen LogP contribution in [0, 0.1) is 6.92 Å². The molecule has 2 rings (SSSR count). The number of rotatable bonds is 2. The molecule has 0 radical (unpaired) electrons. The van der Waals surface area contributed by atoms with Gasteiger partial charge in [-0.25, -0.2) is 4.99 Å². The summed E-state index contributed by atoms with van der Waals surface area (Å²) in [6.07, 6.45) is 3.66. The number of hydrogen-bond acceptors (Lipinski definition) is 2. The Kier molecular flexibility index (Phi) is 3.40. The fourth-order valence-electron chi connectivity index (χ4n) is 1.77. The second-order valence-corrected chi connectivity index (χ2v) is 5.84. The standard InChI is InChI=1S/C16H21NO2/c1-12-8-6-7-9-13(12)17-11-10-14-18-15(2,3)16(4,5)19-14/h6-11H,1-5H3/p+1. The van der Waals surface area contributed by atoms with Gasteiger partial charge in [0, 0.05) is 11.6 Å². The molecule has 3 heteroatoms. The molecule has 1 saturated heterocycles. The fraction of sp³-hybridized carbons (Fsp3) is 0.438. The Morgan fingerprint density at radius 1 is 1.00 bits per heavy atom. The van der Waals surface area contributed by atoms with E-state index in [-0.39, 0.29) is 11.2 Å². The number of nitrogens with one attached hydrogen (secondary N) is 1. The van der Waals surface area contributed by atoms with Gasteiger partial charge in [-0.3, -0.25) is 0 Å². The van der Waals surface area contributed by atoms with E-state index in [2.05, 4.69) is 18.0 Å². The first kappa shape index (κ1) is 13.7. The second kappa shape index (κ2) is 4.72. The number of allylic oxidation sites excluding steroid dienone is 1. The Morgan fingerprint density at radius 2 is 1.58 bits per heavy atom. The maximum absolute atomic E-state index is 5.80. The van der Waals surface area contributed by atoms with Crippen molar-refractivity contribution >= 4 is 11.9 Å². The van der Waals surface area contributed by atoms with Crippen molar-refractivity contribution in [2.24, 2.45) is 0 Å². The van der Waals surface area contributed by atoms with Crippen molar-refractivity contribution in [3.05, 3.63) is 41.9 Å². The predicted molar refractivity (Wildman–Crippen MR) is 76.3 cm³/mol. The first-order chi connectivity index (χ1) is 8.82. The maximum atomic E-state index is 5.80. The summed E-state index contributed by atoms with van der Waals surface area (Å²) in [5.74, 6) is 0.552. The van der Waals surface area contributed by atoms with E-state index < -0.39 is 0 Å². The molecular formula is C16H22NO2+. The van der Waals surface area contributed by atoms with Crippen molar-refractivity contribution in [1.29, 1.82) is 0 Å². The molecular weight excluding hydrogens is 238 g/mol. The van der Waals surface area contributed by atoms with Crippen LogP contribution in [0.25, 0.3) is 0 Å². The van der Waals surface area contributed by atoms with Crippen molar-refractivity contribution in [3.8, 4) is 0 Å². The highest BCUT2D eigenvalue weighted by molar-refractivity contribution is 5.67. The summed E-state index contributed by atoms with van der Waals surface area (Å²) in [4.78, 5) is 3.23. The average Bonchev–Trinajstić information content (AvgIpc) is 2.50. The predicted octanol–water partition coefficient (Wildman–Crippen LogP) is 2.22. The summed E-state index contributed by atoms with van der Waals surface area (Å²) in [7, 11) is 0. The van der Waals surface area contributed by atoms with Gasteiger partial charge in [0.25, 0.3) is 5.95 Å². The van der Waals surface area contributed by atoms with E-state index in [0.717, 1.165) is 5.69 Å². The highest BCUT2D eigenvalue weighted by Gasteiger charge is 2.48. The molecule has 0 atom stereocenters. The molecule has 1 aliphatic rings. The van der Waals surface area contributed by atoms with Gasteiger partial charge in [0.05, 0.1) is 6.08 Å². The highest BCUT2D eigenvalue weighted by Crippen LogP contribution is 2.39. The van der Waals surface area contributed by atoms with Gasteiger partial charge in [-0.1, -0.05) is 18.2 Å². The third-order valence-electron chi connectivity index (χ3n) is 3.76. The monoisotopic (exact) mass is 260 g/mol. The van der Waals surface area contributed by atoms with Crippen LogP contribution in [0.15, 0.2) is 36.3 Å². The van der Waals surface area contributed by atoms with Crippen molar-refractivity contribution in [1.82, 2.24) is 0 Å². The van der Waals surface area contributed by atoms with Crippen LogP contribution in [0.2, 0.25) is 0 Å². The number of para-hydroxylation sites is 1. The highest BCUT2D eigenvalue weighted by atomic mass is 16.7. The summed E-state index contributed by atoms with van der Waals surface area (Å²) < 4.78 is 11.6. The lowest BCUT2D eigenvalue weighted by atomic mass is 9.90. The Morgan fingerprint density at radius 3 is 2.16 bits per heavy atom. The van der Waals surface area contributed by atoms with Crippen LogP contribution in [-0.2, 0) is 9.47 Å². The van der Waals surface area contributed by atoms with E-state index in [4.69, 9.17) is 9.47 Å². The van der Waals surface area contributed by atoms with Gasteiger partial charge in [0.2, 0.25) is 5.69 Å². The van der Waals surface area contributed by atoms with Crippen molar-refractivity contribution < 1.29 is 14.5 Å². The van der Waals surface area contributed by atoms with E-state index in [1.54, 1.807) is 0 Å². The third kappa shape index (κ3) is 2.80. The van der Waals surface area contributed by atoms with Gasteiger partial charge in [0.1, 0.15) is 11.2 Å². The van der Waals surface area contributed by atoms with Crippen LogP contribution in [0.3, 0.4) is 0 Å². The van der Waals surface area contributed by atoms with Crippen molar-refractivity contribution in [3.63, 3.8) is 0 Å². The number of benzene rings is 1.